The fourth-order valence-corrected chi connectivity index (χ4v) is 4.32. The number of rotatable bonds is 9. The van der Waals surface area contributed by atoms with Crippen LogP contribution in [0.2, 0.25) is 0 Å². The number of hydrogen-bond donors (Lipinski definition) is 1. The van der Waals surface area contributed by atoms with Gasteiger partial charge < -0.3 is 4.90 Å². The SMILES string of the molecule is CC(=O)c1ccc(S(=O)(=O)NCc2ccc(C(=O)N(Cc3cnn(C)c3)C(C)C)cc2)cc1. The van der Waals surface area contributed by atoms with Crippen LogP contribution in [-0.4, -0.2) is 40.8 Å². The Morgan fingerprint density at radius 2 is 1.61 bits per heavy atom. The monoisotopic (exact) mass is 468 g/mol. The third kappa shape index (κ3) is 6.15. The van der Waals surface area contributed by atoms with Crippen LogP contribution in [0.5, 0.6) is 0 Å². The molecule has 1 N–H and O–H groups in total. The van der Waals surface area contributed by atoms with Gasteiger partial charge in [-0.15, -0.1) is 0 Å². The molecule has 1 heterocycles. The van der Waals surface area contributed by atoms with Gasteiger partial charge in [-0.1, -0.05) is 24.3 Å². The zero-order valence-corrected chi connectivity index (χ0v) is 20.0. The molecule has 3 aromatic rings. The quantitative estimate of drug-likeness (QED) is 0.486. The molecule has 0 spiro atoms. The Morgan fingerprint density at radius 3 is 2.12 bits per heavy atom. The number of hydrogen-bond acceptors (Lipinski definition) is 5. The summed E-state index contributed by atoms with van der Waals surface area (Å²) in [6.45, 7) is 5.87. The predicted octanol–water partition coefficient (Wildman–Crippen LogP) is 3.15. The van der Waals surface area contributed by atoms with Crippen LogP contribution in [0.3, 0.4) is 0 Å². The summed E-state index contributed by atoms with van der Waals surface area (Å²) in [4.78, 5) is 26.3. The van der Waals surface area contributed by atoms with E-state index >= 15 is 0 Å². The Bertz CT molecular complexity index is 1230. The summed E-state index contributed by atoms with van der Waals surface area (Å²) in [5.41, 5.74) is 2.65. The van der Waals surface area contributed by atoms with Crippen molar-refractivity contribution in [3.05, 3.63) is 83.2 Å². The fourth-order valence-electron chi connectivity index (χ4n) is 3.30. The van der Waals surface area contributed by atoms with Crippen LogP contribution in [0.15, 0.2) is 65.8 Å². The van der Waals surface area contributed by atoms with Gasteiger partial charge in [0.1, 0.15) is 0 Å². The topological polar surface area (TPSA) is 101 Å². The highest BCUT2D eigenvalue weighted by molar-refractivity contribution is 7.89. The molecule has 1 aromatic heterocycles. The zero-order chi connectivity index (χ0) is 24.2. The molecule has 0 radical (unpaired) electrons. The highest BCUT2D eigenvalue weighted by Crippen LogP contribution is 2.15. The summed E-state index contributed by atoms with van der Waals surface area (Å²) in [5.74, 6) is -0.232. The minimum absolute atomic E-state index is 0.00131. The van der Waals surface area contributed by atoms with E-state index in [1.54, 1.807) is 40.0 Å². The molecule has 1 amide bonds. The molecule has 0 bridgehead atoms. The van der Waals surface area contributed by atoms with Crippen LogP contribution in [0, 0.1) is 0 Å². The maximum Gasteiger partial charge on any atom is 0.254 e. The number of benzene rings is 2. The molecule has 0 saturated heterocycles. The Balaban J connectivity index is 1.66. The molecule has 3 rings (SSSR count). The molecule has 174 valence electrons. The van der Waals surface area contributed by atoms with Crippen molar-refractivity contribution >= 4 is 21.7 Å². The molecule has 33 heavy (non-hydrogen) atoms. The largest absolute Gasteiger partial charge is 0.332 e. The van der Waals surface area contributed by atoms with Gasteiger partial charge in [0, 0.05) is 49.1 Å². The van der Waals surface area contributed by atoms with Crippen molar-refractivity contribution in [1.82, 2.24) is 19.4 Å². The molecule has 0 aliphatic heterocycles. The van der Waals surface area contributed by atoms with Gasteiger partial charge in [0.25, 0.3) is 5.91 Å². The molecule has 0 saturated carbocycles. The molecule has 8 nitrogen and oxygen atoms in total. The maximum atomic E-state index is 13.0. The summed E-state index contributed by atoms with van der Waals surface area (Å²) in [5, 5.41) is 4.15. The number of carbonyl (C=O) groups excluding carboxylic acids is 2. The molecular weight excluding hydrogens is 440 g/mol. The average Bonchev–Trinajstić information content (AvgIpc) is 3.20. The number of aromatic nitrogens is 2. The highest BCUT2D eigenvalue weighted by atomic mass is 32.2. The van der Waals surface area contributed by atoms with Gasteiger partial charge in [0.2, 0.25) is 10.0 Å². The average molecular weight is 469 g/mol. The van der Waals surface area contributed by atoms with E-state index in [9.17, 15) is 18.0 Å². The molecule has 0 fully saturated rings. The normalized spacial score (nSPS) is 11.5. The lowest BCUT2D eigenvalue weighted by molar-refractivity contribution is 0.0690. The fraction of sp³-hybridized carbons (Fsp3) is 0.292. The predicted molar refractivity (Wildman–Crippen MR) is 125 cm³/mol. The number of sulfonamides is 1. The number of aryl methyl sites for hydroxylation is 1. The Morgan fingerprint density at radius 1 is 1.00 bits per heavy atom. The minimum atomic E-state index is -3.73. The number of ketones is 1. The summed E-state index contributed by atoms with van der Waals surface area (Å²) in [6, 6.07) is 12.7. The minimum Gasteiger partial charge on any atom is -0.332 e. The second-order valence-electron chi connectivity index (χ2n) is 8.15. The lowest BCUT2D eigenvalue weighted by Gasteiger charge is -2.26. The van der Waals surface area contributed by atoms with E-state index in [0.29, 0.717) is 17.7 Å². The second-order valence-corrected chi connectivity index (χ2v) is 9.92. The van der Waals surface area contributed by atoms with Crippen LogP contribution < -0.4 is 4.72 Å². The standard InChI is InChI=1S/C24H28N4O4S/c1-17(2)28(16-20-13-25-27(4)15-20)24(30)22-7-5-19(6-8-22)14-26-33(31,32)23-11-9-21(10-12-23)18(3)29/h5-13,15,17,26H,14,16H2,1-4H3. The molecule has 0 atom stereocenters. The van der Waals surface area contributed by atoms with Crippen molar-refractivity contribution < 1.29 is 18.0 Å². The first kappa shape index (κ1) is 24.3. The number of carbonyl (C=O) groups is 2. The number of Topliss-reactive ketones (excluding diaryl/α,β-unsaturated/α-hetero) is 1. The van der Waals surface area contributed by atoms with E-state index in [1.807, 2.05) is 27.1 Å². The van der Waals surface area contributed by atoms with Crippen LogP contribution in [0.4, 0.5) is 0 Å². The van der Waals surface area contributed by atoms with Crippen molar-refractivity contribution in [1.29, 1.82) is 0 Å². The van der Waals surface area contributed by atoms with E-state index in [4.69, 9.17) is 0 Å². The van der Waals surface area contributed by atoms with Crippen molar-refractivity contribution in [2.75, 3.05) is 0 Å². The first-order valence-corrected chi connectivity index (χ1v) is 12.0. The van der Waals surface area contributed by atoms with Crippen molar-refractivity contribution in [3.63, 3.8) is 0 Å². The molecule has 2 aromatic carbocycles. The molecule has 0 aliphatic carbocycles. The lowest BCUT2D eigenvalue weighted by atomic mass is 10.1. The highest BCUT2D eigenvalue weighted by Gasteiger charge is 2.20. The molecule has 0 aliphatic rings. The maximum absolute atomic E-state index is 13.0. The van der Waals surface area contributed by atoms with Gasteiger partial charge in [-0.2, -0.15) is 5.10 Å². The Kier molecular flexibility index (Phi) is 7.45. The second kappa shape index (κ2) is 10.1. The number of nitrogens with one attached hydrogen (secondary N) is 1. The summed E-state index contributed by atoms with van der Waals surface area (Å²) < 4.78 is 29.3. The zero-order valence-electron chi connectivity index (χ0n) is 19.1. The van der Waals surface area contributed by atoms with Crippen molar-refractivity contribution in [2.24, 2.45) is 7.05 Å². The third-order valence-electron chi connectivity index (χ3n) is 5.23. The molecular formula is C24H28N4O4S. The van der Waals surface area contributed by atoms with Crippen LogP contribution >= 0.6 is 0 Å². The summed E-state index contributed by atoms with van der Waals surface area (Å²) >= 11 is 0. The van der Waals surface area contributed by atoms with Gasteiger partial charge in [-0.3, -0.25) is 14.3 Å². The number of nitrogens with zero attached hydrogens (tertiary/aromatic N) is 3. The first-order valence-electron chi connectivity index (χ1n) is 10.5. The van der Waals surface area contributed by atoms with Crippen LogP contribution in [0.25, 0.3) is 0 Å². The summed E-state index contributed by atoms with van der Waals surface area (Å²) in [7, 11) is -1.90. The Hall–Kier alpha value is -3.30. The Labute approximate surface area is 194 Å². The van der Waals surface area contributed by atoms with Crippen molar-refractivity contribution in [3.8, 4) is 0 Å². The van der Waals surface area contributed by atoms with E-state index in [-0.39, 0.29) is 29.2 Å². The van der Waals surface area contributed by atoms with Gasteiger partial charge in [0.15, 0.2) is 5.78 Å². The van der Waals surface area contributed by atoms with Gasteiger partial charge in [0.05, 0.1) is 11.1 Å². The van der Waals surface area contributed by atoms with Gasteiger partial charge in [-0.05, 0) is 50.6 Å². The van der Waals surface area contributed by atoms with Crippen molar-refractivity contribution in [2.45, 2.75) is 44.8 Å². The molecule has 9 heteroatoms. The smallest absolute Gasteiger partial charge is 0.254 e. The van der Waals surface area contributed by atoms with Gasteiger partial charge in [-0.25, -0.2) is 13.1 Å². The first-order chi connectivity index (χ1) is 15.6. The molecule has 0 unspecified atom stereocenters. The van der Waals surface area contributed by atoms with Crippen LogP contribution in [-0.2, 0) is 30.2 Å². The van der Waals surface area contributed by atoms with Gasteiger partial charge >= 0.3 is 0 Å². The number of amides is 1. The van der Waals surface area contributed by atoms with E-state index in [1.165, 1.54) is 31.2 Å². The lowest BCUT2D eigenvalue weighted by Crippen LogP contribution is -2.36. The van der Waals surface area contributed by atoms with E-state index in [0.717, 1.165) is 11.1 Å². The van der Waals surface area contributed by atoms with Crippen LogP contribution in [0.1, 0.15) is 52.6 Å². The van der Waals surface area contributed by atoms with E-state index < -0.39 is 10.0 Å². The van der Waals surface area contributed by atoms with E-state index in [2.05, 4.69) is 9.82 Å². The third-order valence-corrected chi connectivity index (χ3v) is 6.65. The summed E-state index contributed by atoms with van der Waals surface area (Å²) in [6.07, 6.45) is 3.62.